The zero-order valence-electron chi connectivity index (χ0n) is 11.3. The Labute approximate surface area is 112 Å². The molecule has 2 N–H and O–H groups in total. The molecule has 0 radical (unpaired) electrons. The van der Waals surface area contributed by atoms with E-state index in [1.54, 1.807) is 18.7 Å². The molecule has 0 spiro atoms. The Kier molecular flexibility index (Phi) is 4.39. The fraction of sp³-hybridized carbons (Fsp3) is 0.667. The van der Waals surface area contributed by atoms with Gasteiger partial charge in [-0.2, -0.15) is 0 Å². The number of aliphatic hydroxyl groups excluding tert-OH is 1. The van der Waals surface area contributed by atoms with Crippen molar-refractivity contribution in [2.75, 3.05) is 44.6 Å². The number of carbonyl (C=O) groups excluding carboxylic acids is 1. The van der Waals surface area contributed by atoms with Crippen LogP contribution in [0.3, 0.4) is 0 Å². The third-order valence-corrected chi connectivity index (χ3v) is 3.34. The Morgan fingerprint density at radius 2 is 2.05 bits per heavy atom. The van der Waals surface area contributed by atoms with E-state index in [9.17, 15) is 4.79 Å². The van der Waals surface area contributed by atoms with Gasteiger partial charge in [0.2, 0.25) is 0 Å². The molecule has 1 aliphatic heterocycles. The van der Waals surface area contributed by atoms with Crippen LogP contribution in [0.5, 0.6) is 0 Å². The van der Waals surface area contributed by atoms with Crippen molar-refractivity contribution in [1.29, 1.82) is 0 Å². The van der Waals surface area contributed by atoms with Crippen LogP contribution in [0.1, 0.15) is 11.5 Å². The van der Waals surface area contributed by atoms with Gasteiger partial charge >= 0.3 is 6.03 Å². The number of hydrogen-bond acceptors (Lipinski definition) is 5. The summed E-state index contributed by atoms with van der Waals surface area (Å²) in [5.41, 5.74) is 1.34. The second kappa shape index (κ2) is 6.03. The highest BCUT2D eigenvalue weighted by Gasteiger charge is 2.22. The Bertz CT molecular complexity index is 419. The summed E-state index contributed by atoms with van der Waals surface area (Å²) in [6.07, 6.45) is 0. The first kappa shape index (κ1) is 13.8. The highest BCUT2D eigenvalue weighted by Crippen LogP contribution is 2.19. The second-order valence-electron chi connectivity index (χ2n) is 4.68. The molecule has 106 valence electrons. The second-order valence-corrected chi connectivity index (χ2v) is 4.68. The summed E-state index contributed by atoms with van der Waals surface area (Å²) in [5.74, 6) is 0.616. The quantitative estimate of drug-likeness (QED) is 0.831. The number of amides is 2. The van der Waals surface area contributed by atoms with Crippen molar-refractivity contribution < 1.29 is 14.4 Å². The topological polar surface area (TPSA) is 81.8 Å². The Morgan fingerprint density at radius 3 is 2.58 bits per heavy atom. The van der Waals surface area contributed by atoms with Gasteiger partial charge in [0.1, 0.15) is 11.4 Å². The van der Waals surface area contributed by atoms with Gasteiger partial charge in [0.15, 0.2) is 5.76 Å². The summed E-state index contributed by atoms with van der Waals surface area (Å²) >= 11 is 0. The summed E-state index contributed by atoms with van der Waals surface area (Å²) in [5, 5.41) is 15.5. The molecule has 2 heterocycles. The lowest BCUT2D eigenvalue weighted by atomic mass is 10.3. The van der Waals surface area contributed by atoms with E-state index in [4.69, 9.17) is 9.63 Å². The lowest BCUT2D eigenvalue weighted by Gasteiger charge is -2.34. The molecule has 1 saturated heterocycles. The first-order valence-corrected chi connectivity index (χ1v) is 6.44. The molecule has 0 aromatic carbocycles. The minimum atomic E-state index is -0.127. The van der Waals surface area contributed by atoms with Crippen molar-refractivity contribution in [3.8, 4) is 0 Å². The molecule has 0 bridgehead atoms. The molecule has 1 aromatic heterocycles. The predicted molar refractivity (Wildman–Crippen MR) is 70.1 cm³/mol. The van der Waals surface area contributed by atoms with Gasteiger partial charge in [-0.25, -0.2) is 4.79 Å². The van der Waals surface area contributed by atoms with Crippen LogP contribution >= 0.6 is 0 Å². The van der Waals surface area contributed by atoms with Crippen LogP contribution in [0.15, 0.2) is 4.52 Å². The van der Waals surface area contributed by atoms with Crippen LogP contribution in [-0.2, 0) is 0 Å². The van der Waals surface area contributed by atoms with Gasteiger partial charge in [0.25, 0.3) is 0 Å². The number of carbonyl (C=O) groups is 1. The summed E-state index contributed by atoms with van der Waals surface area (Å²) in [7, 11) is 0. The molecule has 1 aliphatic rings. The minimum Gasteiger partial charge on any atom is -0.395 e. The van der Waals surface area contributed by atoms with Crippen molar-refractivity contribution in [2.24, 2.45) is 0 Å². The number of nitrogens with zero attached hydrogens (tertiary/aromatic N) is 3. The summed E-state index contributed by atoms with van der Waals surface area (Å²) in [4.78, 5) is 16.0. The number of aryl methyl sites for hydroxylation is 2. The van der Waals surface area contributed by atoms with Crippen LogP contribution in [0.25, 0.3) is 0 Å². The van der Waals surface area contributed by atoms with Crippen molar-refractivity contribution in [3.05, 3.63) is 11.5 Å². The fourth-order valence-electron chi connectivity index (χ4n) is 2.16. The molecule has 2 amide bonds. The predicted octanol–water partition coefficient (Wildman–Crippen LogP) is 0.433. The van der Waals surface area contributed by atoms with E-state index >= 15 is 0 Å². The number of urea groups is 1. The van der Waals surface area contributed by atoms with Gasteiger partial charge < -0.3 is 19.8 Å². The van der Waals surface area contributed by atoms with Crippen molar-refractivity contribution >= 4 is 11.7 Å². The van der Waals surface area contributed by atoms with Crippen molar-refractivity contribution in [1.82, 2.24) is 15.0 Å². The third kappa shape index (κ3) is 3.24. The fourth-order valence-corrected chi connectivity index (χ4v) is 2.16. The van der Waals surface area contributed by atoms with Crippen LogP contribution in [-0.4, -0.2) is 65.4 Å². The normalized spacial score (nSPS) is 16.7. The van der Waals surface area contributed by atoms with E-state index < -0.39 is 0 Å². The van der Waals surface area contributed by atoms with E-state index in [-0.39, 0.29) is 12.6 Å². The first-order chi connectivity index (χ1) is 9.11. The van der Waals surface area contributed by atoms with Crippen LogP contribution in [0.2, 0.25) is 0 Å². The van der Waals surface area contributed by atoms with Gasteiger partial charge in [-0.3, -0.25) is 4.90 Å². The molecular formula is C12H20N4O3. The molecule has 0 unspecified atom stereocenters. The van der Waals surface area contributed by atoms with E-state index in [2.05, 4.69) is 15.4 Å². The van der Waals surface area contributed by atoms with Crippen LogP contribution in [0, 0.1) is 13.8 Å². The number of aliphatic hydroxyl groups is 1. The molecule has 19 heavy (non-hydrogen) atoms. The molecule has 0 atom stereocenters. The summed E-state index contributed by atoms with van der Waals surface area (Å²) in [6, 6.07) is -0.127. The number of rotatable bonds is 3. The lowest BCUT2D eigenvalue weighted by Crippen LogP contribution is -2.50. The molecular weight excluding hydrogens is 248 g/mol. The van der Waals surface area contributed by atoms with Gasteiger partial charge in [-0.1, -0.05) is 5.16 Å². The van der Waals surface area contributed by atoms with Crippen LogP contribution < -0.4 is 5.32 Å². The maximum absolute atomic E-state index is 12.1. The number of aromatic nitrogens is 1. The number of β-amino-alcohol motifs (C(OH)–C–C–N with tert-alkyl or cyclic N) is 1. The number of piperazine rings is 1. The molecule has 2 rings (SSSR count). The summed E-state index contributed by atoms with van der Waals surface area (Å²) in [6.45, 7) is 7.29. The van der Waals surface area contributed by atoms with Gasteiger partial charge in [-0.15, -0.1) is 0 Å². The van der Waals surface area contributed by atoms with E-state index in [0.717, 1.165) is 13.1 Å². The molecule has 7 heteroatoms. The van der Waals surface area contributed by atoms with Crippen molar-refractivity contribution in [3.63, 3.8) is 0 Å². The maximum atomic E-state index is 12.1. The van der Waals surface area contributed by atoms with Gasteiger partial charge in [-0.05, 0) is 13.8 Å². The molecule has 7 nitrogen and oxygen atoms in total. The zero-order valence-corrected chi connectivity index (χ0v) is 11.3. The first-order valence-electron chi connectivity index (χ1n) is 6.44. The lowest BCUT2D eigenvalue weighted by molar-refractivity contribution is 0.127. The molecule has 1 aromatic rings. The molecule has 0 saturated carbocycles. The number of nitrogens with one attached hydrogen (secondary N) is 1. The average Bonchev–Trinajstić information content (AvgIpc) is 2.72. The Balaban J connectivity index is 1.88. The zero-order chi connectivity index (χ0) is 13.8. The van der Waals surface area contributed by atoms with Gasteiger partial charge in [0.05, 0.1) is 6.61 Å². The van der Waals surface area contributed by atoms with Crippen LogP contribution in [0.4, 0.5) is 10.5 Å². The third-order valence-electron chi connectivity index (χ3n) is 3.34. The standard InChI is InChI=1S/C12H20N4O3/c1-9-11(10(2)19-14-9)13-12(18)16-5-3-15(4-6-16)7-8-17/h17H,3-8H2,1-2H3,(H,13,18). The monoisotopic (exact) mass is 268 g/mol. The summed E-state index contributed by atoms with van der Waals surface area (Å²) < 4.78 is 5.01. The smallest absolute Gasteiger partial charge is 0.322 e. The number of hydrogen-bond donors (Lipinski definition) is 2. The highest BCUT2D eigenvalue weighted by molar-refractivity contribution is 5.90. The Hall–Kier alpha value is -1.60. The Morgan fingerprint density at radius 1 is 1.37 bits per heavy atom. The minimum absolute atomic E-state index is 0.127. The van der Waals surface area contributed by atoms with E-state index in [1.807, 2.05) is 0 Å². The molecule has 0 aliphatic carbocycles. The van der Waals surface area contributed by atoms with E-state index in [0.29, 0.717) is 36.8 Å². The average molecular weight is 268 g/mol. The SMILES string of the molecule is Cc1noc(C)c1NC(=O)N1CCN(CCO)CC1. The highest BCUT2D eigenvalue weighted by atomic mass is 16.5. The molecule has 1 fully saturated rings. The number of anilines is 1. The van der Waals surface area contributed by atoms with E-state index in [1.165, 1.54) is 0 Å². The maximum Gasteiger partial charge on any atom is 0.322 e. The largest absolute Gasteiger partial charge is 0.395 e. The van der Waals surface area contributed by atoms with Crippen molar-refractivity contribution in [2.45, 2.75) is 13.8 Å². The van der Waals surface area contributed by atoms with Gasteiger partial charge in [0, 0.05) is 32.7 Å².